The van der Waals surface area contributed by atoms with E-state index in [0.29, 0.717) is 0 Å². The van der Waals surface area contributed by atoms with E-state index in [1.54, 1.807) is 5.56 Å². The number of benzene rings is 3. The fourth-order valence-corrected chi connectivity index (χ4v) is 4.16. The van der Waals surface area contributed by atoms with Gasteiger partial charge in [-0.25, -0.2) is 0 Å². The fourth-order valence-electron chi connectivity index (χ4n) is 4.16. The summed E-state index contributed by atoms with van der Waals surface area (Å²) in [5, 5.41) is 0. The second-order valence-corrected chi connectivity index (χ2v) is 10.7. The van der Waals surface area contributed by atoms with Gasteiger partial charge in [0.25, 0.3) is 0 Å². The number of rotatable bonds is 9. The summed E-state index contributed by atoms with van der Waals surface area (Å²) in [7, 11) is 0. The zero-order valence-corrected chi connectivity index (χ0v) is 26.8. The van der Waals surface area contributed by atoms with Crippen LogP contribution in [0.2, 0.25) is 0 Å². The van der Waals surface area contributed by atoms with Crippen LogP contribution in [0.1, 0.15) is 119 Å². The van der Waals surface area contributed by atoms with Crippen LogP contribution >= 0.6 is 0 Å². The van der Waals surface area contributed by atoms with Crippen LogP contribution in [0.15, 0.2) is 86.0 Å². The third-order valence-corrected chi connectivity index (χ3v) is 7.30. The number of hydrogen-bond donors (Lipinski definition) is 0. The van der Waals surface area contributed by atoms with Gasteiger partial charge in [0.15, 0.2) is 0 Å². The van der Waals surface area contributed by atoms with Crippen molar-refractivity contribution < 1.29 is 0 Å². The van der Waals surface area contributed by atoms with Gasteiger partial charge in [-0.05, 0) is 80.2 Å². The molecule has 0 nitrogen and oxygen atoms in total. The van der Waals surface area contributed by atoms with Gasteiger partial charge in [0, 0.05) is 0 Å². The first-order valence-corrected chi connectivity index (χ1v) is 15.1. The largest absolute Gasteiger partial charge is 0.0985 e. The van der Waals surface area contributed by atoms with Crippen molar-refractivity contribution in [1.82, 2.24) is 0 Å². The molecule has 0 radical (unpaired) electrons. The summed E-state index contributed by atoms with van der Waals surface area (Å²) in [5.41, 5.74) is 9.35. The van der Waals surface area contributed by atoms with Crippen LogP contribution in [0, 0.1) is 26.7 Å². The van der Waals surface area contributed by atoms with Crippen molar-refractivity contribution in [3.8, 4) is 0 Å². The van der Waals surface area contributed by atoms with Gasteiger partial charge in [0.1, 0.15) is 0 Å². The molecule has 0 aliphatic heterocycles. The van der Waals surface area contributed by atoms with E-state index in [1.807, 2.05) is 43.3 Å². The molecule has 0 heteroatoms. The maximum Gasteiger partial charge on any atom is -0.0159 e. The molecule has 0 saturated heterocycles. The molecule has 3 aromatic rings. The minimum absolute atomic E-state index is 0.778. The van der Waals surface area contributed by atoms with Crippen molar-refractivity contribution in [2.45, 2.75) is 107 Å². The first kappa shape index (κ1) is 36.1. The van der Waals surface area contributed by atoms with Gasteiger partial charge in [-0.2, -0.15) is 0 Å². The van der Waals surface area contributed by atoms with Crippen LogP contribution in [0.5, 0.6) is 0 Å². The number of hydrogen-bond acceptors (Lipinski definition) is 0. The minimum atomic E-state index is 0.778. The Morgan fingerprint density at radius 1 is 0.769 bits per heavy atom. The van der Waals surface area contributed by atoms with Crippen LogP contribution < -0.4 is 0 Å². The maximum absolute atomic E-state index is 3.87. The second kappa shape index (κ2) is 22.0. The minimum Gasteiger partial charge on any atom is -0.0985 e. The van der Waals surface area contributed by atoms with E-state index in [0.717, 1.165) is 17.4 Å². The zero-order chi connectivity index (χ0) is 29.6. The smallest absolute Gasteiger partial charge is 0.0159 e. The topological polar surface area (TPSA) is 0 Å². The molecule has 0 aliphatic rings. The highest BCUT2D eigenvalue weighted by Crippen LogP contribution is 2.29. The third-order valence-electron chi connectivity index (χ3n) is 7.30. The molecular formula is C39H58. The van der Waals surface area contributed by atoms with Crippen LogP contribution in [0.3, 0.4) is 0 Å². The van der Waals surface area contributed by atoms with Gasteiger partial charge in [0.2, 0.25) is 0 Å². The van der Waals surface area contributed by atoms with Crippen molar-refractivity contribution in [3.63, 3.8) is 0 Å². The van der Waals surface area contributed by atoms with Gasteiger partial charge in [0.05, 0.1) is 0 Å². The van der Waals surface area contributed by atoms with E-state index >= 15 is 0 Å². The monoisotopic (exact) mass is 526 g/mol. The molecule has 0 amide bonds. The Morgan fingerprint density at radius 3 is 1.72 bits per heavy atom. The summed E-state index contributed by atoms with van der Waals surface area (Å²) in [4.78, 5) is 0. The summed E-state index contributed by atoms with van der Waals surface area (Å²) in [6, 6.07) is 25.1. The van der Waals surface area contributed by atoms with E-state index in [9.17, 15) is 0 Å². The van der Waals surface area contributed by atoms with E-state index in [1.165, 1.54) is 66.3 Å². The first-order valence-electron chi connectivity index (χ1n) is 15.1. The van der Waals surface area contributed by atoms with Crippen LogP contribution in [0.4, 0.5) is 0 Å². The SMILES string of the molecule is C=C(C)c1cccc(C)c1.C=Cc1ccccc1.CCC(C)CC.CCCC(CCC)c1cccc(C)c1C. The van der Waals surface area contributed by atoms with Gasteiger partial charge in [-0.15, -0.1) is 0 Å². The van der Waals surface area contributed by atoms with Crippen molar-refractivity contribution in [1.29, 1.82) is 0 Å². The molecule has 0 heterocycles. The predicted octanol–water partition coefficient (Wildman–Crippen LogP) is 12.8. The molecule has 0 spiro atoms. The average molecular weight is 527 g/mol. The molecular weight excluding hydrogens is 468 g/mol. The first-order chi connectivity index (χ1) is 18.6. The molecule has 0 aromatic heterocycles. The van der Waals surface area contributed by atoms with Gasteiger partial charge in [-0.1, -0.05) is 163 Å². The molecule has 0 aliphatic carbocycles. The van der Waals surface area contributed by atoms with Crippen molar-refractivity contribution in [3.05, 3.63) is 119 Å². The average Bonchev–Trinajstić information content (AvgIpc) is 2.95. The molecule has 0 atom stereocenters. The van der Waals surface area contributed by atoms with E-state index in [2.05, 4.69) is 111 Å². The Kier molecular flexibility index (Phi) is 20.4. The molecule has 0 unspecified atom stereocenters. The summed E-state index contributed by atoms with van der Waals surface area (Å²) in [6.45, 7) is 27.4. The highest BCUT2D eigenvalue weighted by atomic mass is 14.2. The molecule has 3 aromatic carbocycles. The lowest BCUT2D eigenvalue weighted by atomic mass is 9.86. The van der Waals surface area contributed by atoms with Crippen molar-refractivity contribution in [2.75, 3.05) is 0 Å². The fraction of sp³-hybridized carbons (Fsp3) is 0.436. The molecule has 0 N–H and O–H groups in total. The van der Waals surface area contributed by atoms with Gasteiger partial charge < -0.3 is 0 Å². The summed E-state index contributed by atoms with van der Waals surface area (Å²) >= 11 is 0. The number of aryl methyl sites for hydroxylation is 2. The standard InChI is InChI=1S/C15H24.C10H12.C8H8.C6H14/c1-5-8-14(9-6-2)15-11-7-10-12(3)13(15)4;1-8(2)10-6-4-5-9(3)7-10;1-2-8-6-4-3-5-7-8;1-4-6(3)5-2/h7,10-11,14H,5-6,8-9H2,1-4H3;4-7H,1H2,2-3H3;2-7H,1H2;6H,4-5H2,1-3H3. The van der Waals surface area contributed by atoms with Crippen molar-refractivity contribution in [2.24, 2.45) is 5.92 Å². The van der Waals surface area contributed by atoms with Gasteiger partial charge >= 0.3 is 0 Å². The lowest BCUT2D eigenvalue weighted by Crippen LogP contribution is -2.02. The van der Waals surface area contributed by atoms with E-state index in [4.69, 9.17) is 0 Å². The van der Waals surface area contributed by atoms with E-state index < -0.39 is 0 Å². The van der Waals surface area contributed by atoms with Crippen LogP contribution in [-0.4, -0.2) is 0 Å². The Balaban J connectivity index is 0.000000524. The van der Waals surface area contributed by atoms with Crippen LogP contribution in [-0.2, 0) is 0 Å². The molecule has 0 fully saturated rings. The maximum atomic E-state index is 3.87. The molecule has 3 rings (SSSR count). The number of allylic oxidation sites excluding steroid dienone is 1. The molecule has 0 saturated carbocycles. The molecule has 214 valence electrons. The third kappa shape index (κ3) is 16.0. The predicted molar refractivity (Wildman–Crippen MR) is 181 cm³/mol. The highest BCUT2D eigenvalue weighted by Gasteiger charge is 2.12. The Bertz CT molecular complexity index is 1030. The normalized spacial score (nSPS) is 9.92. The zero-order valence-electron chi connectivity index (χ0n) is 26.8. The quantitative estimate of drug-likeness (QED) is 0.260. The van der Waals surface area contributed by atoms with E-state index in [-0.39, 0.29) is 0 Å². The summed E-state index contributed by atoms with van der Waals surface area (Å²) in [5.74, 6) is 1.71. The summed E-state index contributed by atoms with van der Waals surface area (Å²) < 4.78 is 0. The van der Waals surface area contributed by atoms with Crippen LogP contribution in [0.25, 0.3) is 11.6 Å². The Labute approximate surface area is 243 Å². The van der Waals surface area contributed by atoms with Crippen molar-refractivity contribution >= 4 is 11.6 Å². The lowest BCUT2D eigenvalue weighted by molar-refractivity contribution is 0.544. The van der Waals surface area contributed by atoms with Gasteiger partial charge in [-0.3, -0.25) is 0 Å². The highest BCUT2D eigenvalue weighted by molar-refractivity contribution is 5.61. The molecule has 39 heavy (non-hydrogen) atoms. The second-order valence-electron chi connectivity index (χ2n) is 10.7. The molecule has 0 bridgehead atoms. The Hall–Kier alpha value is -2.86. The Morgan fingerprint density at radius 2 is 1.33 bits per heavy atom. The lowest BCUT2D eigenvalue weighted by Gasteiger charge is -2.19. The summed E-state index contributed by atoms with van der Waals surface area (Å²) in [6.07, 6.45) is 9.74.